The highest BCUT2D eigenvalue weighted by atomic mass is 16.5. The van der Waals surface area contributed by atoms with E-state index in [0.29, 0.717) is 48.7 Å². The van der Waals surface area contributed by atoms with Gasteiger partial charge < -0.3 is 19.2 Å². The summed E-state index contributed by atoms with van der Waals surface area (Å²) in [5.74, 6) is 0.884. The summed E-state index contributed by atoms with van der Waals surface area (Å²) >= 11 is 0. The molecule has 0 unspecified atom stereocenters. The molecule has 0 atom stereocenters. The van der Waals surface area contributed by atoms with Gasteiger partial charge in [0.2, 0.25) is 0 Å². The number of rotatable bonds is 11. The van der Waals surface area contributed by atoms with Gasteiger partial charge in [-0.1, -0.05) is 78.9 Å². The monoisotopic (exact) mass is 533 g/mol. The van der Waals surface area contributed by atoms with Crippen molar-refractivity contribution in [3.63, 3.8) is 0 Å². The zero-order chi connectivity index (χ0) is 27.7. The van der Waals surface area contributed by atoms with Gasteiger partial charge in [0.15, 0.2) is 0 Å². The molecule has 6 heteroatoms. The molecule has 40 heavy (non-hydrogen) atoms. The topological polar surface area (TPSA) is 77.8 Å². The minimum absolute atomic E-state index is 0.192. The Morgan fingerprint density at radius 3 is 2.20 bits per heavy atom. The lowest BCUT2D eigenvalue weighted by Gasteiger charge is -2.20. The lowest BCUT2D eigenvalue weighted by molar-refractivity contribution is -0.143. The predicted molar refractivity (Wildman–Crippen MR) is 155 cm³/mol. The number of hydrogen-bond acceptors (Lipinski definition) is 5. The van der Waals surface area contributed by atoms with Crippen LogP contribution < -0.4 is 10.1 Å². The number of ether oxygens (including phenoxy) is 2. The molecule has 6 nitrogen and oxygen atoms in total. The Kier molecular flexibility index (Phi) is 8.57. The van der Waals surface area contributed by atoms with Gasteiger partial charge in [-0.2, -0.15) is 0 Å². The number of hydrogen-bond donors (Lipinski definition) is 1. The van der Waals surface area contributed by atoms with Crippen molar-refractivity contribution in [2.24, 2.45) is 0 Å². The molecule has 0 radical (unpaired) electrons. The second-order valence-corrected chi connectivity index (χ2v) is 9.34. The molecule has 4 aromatic carbocycles. The fraction of sp³-hybridized carbons (Fsp3) is 0.176. The Morgan fingerprint density at radius 1 is 0.825 bits per heavy atom. The van der Waals surface area contributed by atoms with Gasteiger partial charge in [-0.25, -0.2) is 0 Å². The van der Waals surface area contributed by atoms with Gasteiger partial charge in [0, 0.05) is 17.4 Å². The van der Waals surface area contributed by atoms with Gasteiger partial charge in [-0.15, -0.1) is 0 Å². The molecular formula is C34H31NO5. The lowest BCUT2D eigenvalue weighted by Crippen LogP contribution is -2.29. The second-order valence-electron chi connectivity index (χ2n) is 9.34. The number of furan rings is 1. The third kappa shape index (κ3) is 6.41. The van der Waals surface area contributed by atoms with Crippen molar-refractivity contribution in [2.45, 2.75) is 25.8 Å². The third-order valence-corrected chi connectivity index (χ3v) is 6.56. The molecule has 0 aliphatic heterocycles. The summed E-state index contributed by atoms with van der Waals surface area (Å²) in [5, 5.41) is 4.07. The maximum atomic E-state index is 13.4. The number of esters is 1. The summed E-state index contributed by atoms with van der Waals surface area (Å²) < 4.78 is 17.2. The molecule has 0 aliphatic rings. The van der Waals surface area contributed by atoms with Crippen molar-refractivity contribution in [2.75, 3.05) is 13.2 Å². The Morgan fingerprint density at radius 2 is 1.50 bits per heavy atom. The van der Waals surface area contributed by atoms with Crippen LogP contribution in [0.4, 0.5) is 0 Å². The first-order valence-electron chi connectivity index (χ1n) is 13.4. The number of amides is 1. The molecule has 0 aliphatic carbocycles. The van der Waals surface area contributed by atoms with Crippen LogP contribution in [0.15, 0.2) is 114 Å². The molecule has 0 bridgehead atoms. The fourth-order valence-corrected chi connectivity index (χ4v) is 4.60. The first kappa shape index (κ1) is 26.8. The summed E-state index contributed by atoms with van der Waals surface area (Å²) in [5.41, 5.74) is 3.92. The maximum Gasteiger partial charge on any atom is 0.305 e. The van der Waals surface area contributed by atoms with E-state index in [1.54, 1.807) is 13.0 Å². The number of nitrogens with one attached hydrogen (secondary N) is 1. The van der Waals surface area contributed by atoms with E-state index in [0.717, 1.165) is 22.1 Å². The van der Waals surface area contributed by atoms with Crippen molar-refractivity contribution in [1.29, 1.82) is 0 Å². The summed E-state index contributed by atoms with van der Waals surface area (Å²) in [7, 11) is 0. The van der Waals surface area contributed by atoms with Crippen molar-refractivity contribution >= 4 is 22.8 Å². The Bertz CT molecular complexity index is 1540. The highest BCUT2D eigenvalue weighted by Gasteiger charge is 2.19. The quantitative estimate of drug-likeness (QED) is 0.142. The molecule has 0 fully saturated rings. The van der Waals surface area contributed by atoms with E-state index in [9.17, 15) is 9.59 Å². The van der Waals surface area contributed by atoms with Gasteiger partial charge in [0.25, 0.3) is 5.91 Å². The summed E-state index contributed by atoms with van der Waals surface area (Å²) in [6.45, 7) is 2.54. The Balaban J connectivity index is 1.34. The van der Waals surface area contributed by atoms with Gasteiger partial charge in [-0.3, -0.25) is 9.59 Å². The van der Waals surface area contributed by atoms with Gasteiger partial charge in [-0.05, 0) is 54.8 Å². The van der Waals surface area contributed by atoms with E-state index in [-0.39, 0.29) is 17.9 Å². The average molecular weight is 534 g/mol. The van der Waals surface area contributed by atoms with Crippen LogP contribution in [0.5, 0.6) is 5.75 Å². The van der Waals surface area contributed by atoms with Crippen LogP contribution in [0.25, 0.3) is 22.3 Å². The summed E-state index contributed by atoms with van der Waals surface area (Å²) in [6, 6.07) is 34.6. The van der Waals surface area contributed by atoms with Crippen molar-refractivity contribution in [3.8, 4) is 17.1 Å². The van der Waals surface area contributed by atoms with Crippen LogP contribution in [0, 0.1) is 0 Å². The number of carbonyl (C=O) groups excluding carboxylic acids is 2. The average Bonchev–Trinajstić information content (AvgIpc) is 3.43. The number of para-hydroxylation sites is 1. The molecule has 5 rings (SSSR count). The Hall–Kier alpha value is -4.84. The van der Waals surface area contributed by atoms with Crippen LogP contribution in [0.2, 0.25) is 0 Å². The molecular weight excluding hydrogens is 502 g/mol. The van der Waals surface area contributed by atoms with Crippen LogP contribution in [-0.2, 0) is 9.53 Å². The van der Waals surface area contributed by atoms with Gasteiger partial charge in [0.1, 0.15) is 17.1 Å². The van der Waals surface area contributed by atoms with Crippen LogP contribution in [0.3, 0.4) is 0 Å². The van der Waals surface area contributed by atoms with Crippen LogP contribution in [0.1, 0.15) is 47.3 Å². The Labute approximate surface area is 233 Å². The van der Waals surface area contributed by atoms with Gasteiger partial charge >= 0.3 is 5.97 Å². The molecule has 202 valence electrons. The van der Waals surface area contributed by atoms with E-state index in [1.165, 1.54) is 0 Å². The smallest absolute Gasteiger partial charge is 0.305 e. The van der Waals surface area contributed by atoms with E-state index >= 15 is 0 Å². The van der Waals surface area contributed by atoms with Crippen LogP contribution >= 0.6 is 0 Å². The number of carbonyl (C=O) groups is 2. The van der Waals surface area contributed by atoms with Crippen LogP contribution in [-0.4, -0.2) is 25.1 Å². The molecule has 1 heterocycles. The molecule has 1 amide bonds. The second kappa shape index (κ2) is 12.8. The summed E-state index contributed by atoms with van der Waals surface area (Å²) in [6.07, 6.45) is 0.861. The number of benzene rings is 4. The normalized spacial score (nSPS) is 10.9. The molecule has 1 aromatic heterocycles. The molecule has 0 saturated carbocycles. The number of fused-ring (bicyclic) bond motifs is 1. The van der Waals surface area contributed by atoms with E-state index < -0.39 is 0 Å². The van der Waals surface area contributed by atoms with Crippen molar-refractivity contribution < 1.29 is 23.5 Å². The third-order valence-electron chi connectivity index (χ3n) is 6.56. The fourth-order valence-electron chi connectivity index (χ4n) is 4.60. The first-order chi connectivity index (χ1) is 19.6. The molecule has 0 saturated heterocycles. The standard InChI is InChI=1S/C34H31NO5/c1-2-38-32(36)18-11-21-39-29-17-10-9-16-28(29)31-22-26-19-20-27(23-30(26)40-31)34(37)35-33(24-12-5-3-6-13-24)25-14-7-4-8-15-25/h3-10,12-17,19-20,22-23,33H,2,11,18,21H2,1H3,(H,35,37). The van der Waals surface area contributed by atoms with Crippen molar-refractivity contribution in [3.05, 3.63) is 126 Å². The summed E-state index contributed by atoms with van der Waals surface area (Å²) in [4.78, 5) is 25.0. The van der Waals surface area contributed by atoms with E-state index in [2.05, 4.69) is 5.32 Å². The molecule has 0 spiro atoms. The lowest BCUT2D eigenvalue weighted by atomic mass is 9.98. The zero-order valence-corrected chi connectivity index (χ0v) is 22.3. The predicted octanol–water partition coefficient (Wildman–Crippen LogP) is 7.34. The maximum absolute atomic E-state index is 13.4. The molecule has 1 N–H and O–H groups in total. The van der Waals surface area contributed by atoms with E-state index in [1.807, 2.05) is 103 Å². The minimum Gasteiger partial charge on any atom is -0.493 e. The largest absolute Gasteiger partial charge is 0.493 e. The zero-order valence-electron chi connectivity index (χ0n) is 22.3. The highest BCUT2D eigenvalue weighted by Crippen LogP contribution is 2.34. The van der Waals surface area contributed by atoms with Crippen molar-refractivity contribution in [1.82, 2.24) is 5.32 Å². The highest BCUT2D eigenvalue weighted by molar-refractivity contribution is 5.98. The minimum atomic E-state index is -0.286. The van der Waals surface area contributed by atoms with Gasteiger partial charge in [0.05, 0.1) is 24.8 Å². The van der Waals surface area contributed by atoms with E-state index in [4.69, 9.17) is 13.9 Å². The SMILES string of the molecule is CCOC(=O)CCCOc1ccccc1-c1cc2ccc(C(=O)NC(c3ccccc3)c3ccccc3)cc2o1. The molecule has 5 aromatic rings. The first-order valence-corrected chi connectivity index (χ1v) is 13.4.